The van der Waals surface area contributed by atoms with Crippen LogP contribution in [0.4, 0.5) is 0 Å². The van der Waals surface area contributed by atoms with Gasteiger partial charge in [-0.3, -0.25) is 4.79 Å². The summed E-state index contributed by atoms with van der Waals surface area (Å²) in [5, 5.41) is 3.17. The smallest absolute Gasteiger partial charge is 0.253 e. The third kappa shape index (κ3) is 4.05. The summed E-state index contributed by atoms with van der Waals surface area (Å²) in [5.41, 5.74) is 1.17. The molecule has 1 fully saturated rings. The second-order valence-electron chi connectivity index (χ2n) is 7.45. The molecule has 1 N–H and O–H groups in total. The van der Waals surface area contributed by atoms with Crippen molar-refractivity contribution in [1.82, 2.24) is 10.3 Å². The van der Waals surface area contributed by atoms with Crippen molar-refractivity contribution in [3.05, 3.63) is 28.5 Å². The van der Waals surface area contributed by atoms with E-state index in [-0.39, 0.29) is 22.8 Å². The Bertz CT molecular complexity index is 478. The molecule has 3 nitrogen and oxygen atoms in total. The zero-order valence-corrected chi connectivity index (χ0v) is 14.3. The molecule has 0 saturated heterocycles. The minimum absolute atomic E-state index is 0.0245. The van der Waals surface area contributed by atoms with Crippen LogP contribution in [0.3, 0.4) is 0 Å². The maximum absolute atomic E-state index is 12.3. The Kier molecular flexibility index (Phi) is 4.24. The minimum atomic E-state index is -0.0245. The molecule has 4 heteroatoms. The first-order valence-electron chi connectivity index (χ1n) is 7.09. The molecular formula is C16H23BrN2O. The van der Waals surface area contributed by atoms with Crippen LogP contribution < -0.4 is 5.32 Å². The Morgan fingerprint density at radius 3 is 2.35 bits per heavy atom. The van der Waals surface area contributed by atoms with Crippen LogP contribution in [0.5, 0.6) is 0 Å². The van der Waals surface area contributed by atoms with E-state index in [0.717, 1.165) is 17.4 Å². The lowest BCUT2D eigenvalue weighted by molar-refractivity contribution is 0.0713. The third-order valence-corrected chi connectivity index (χ3v) is 4.35. The second kappa shape index (κ2) is 5.47. The molecule has 1 aliphatic rings. The summed E-state index contributed by atoms with van der Waals surface area (Å²) >= 11 is 3.28. The Morgan fingerprint density at radius 1 is 1.25 bits per heavy atom. The molecule has 0 unspecified atom stereocenters. The molecule has 1 aliphatic carbocycles. The van der Waals surface area contributed by atoms with Gasteiger partial charge in [-0.2, -0.15) is 0 Å². The van der Waals surface area contributed by atoms with E-state index in [4.69, 9.17) is 0 Å². The molecule has 0 atom stereocenters. The van der Waals surface area contributed by atoms with E-state index in [2.05, 4.69) is 53.9 Å². The number of nitrogens with zero attached hydrogens (tertiary/aromatic N) is 1. The fraction of sp³-hybridized carbons (Fsp3) is 0.625. The molecule has 1 aromatic heterocycles. The van der Waals surface area contributed by atoms with Crippen molar-refractivity contribution in [3.8, 4) is 0 Å². The number of rotatable bonds is 2. The number of halogens is 1. The molecule has 0 spiro atoms. The monoisotopic (exact) mass is 338 g/mol. The Morgan fingerprint density at radius 2 is 1.85 bits per heavy atom. The number of pyridine rings is 1. The number of carbonyl (C=O) groups is 1. The highest BCUT2D eigenvalue weighted by Crippen LogP contribution is 2.45. The fourth-order valence-corrected chi connectivity index (χ4v) is 3.96. The maximum atomic E-state index is 12.3. The van der Waals surface area contributed by atoms with Crippen LogP contribution in [0.25, 0.3) is 0 Å². The van der Waals surface area contributed by atoms with Crippen LogP contribution in [0, 0.1) is 10.8 Å². The van der Waals surface area contributed by atoms with E-state index >= 15 is 0 Å². The van der Waals surface area contributed by atoms with Crippen molar-refractivity contribution in [2.75, 3.05) is 0 Å². The van der Waals surface area contributed by atoms with E-state index in [1.807, 2.05) is 0 Å². The van der Waals surface area contributed by atoms with Crippen molar-refractivity contribution >= 4 is 21.8 Å². The van der Waals surface area contributed by atoms with Gasteiger partial charge in [0.1, 0.15) is 4.60 Å². The lowest BCUT2D eigenvalue weighted by Crippen LogP contribution is -2.46. The Balaban J connectivity index is 2.05. The summed E-state index contributed by atoms with van der Waals surface area (Å²) in [5.74, 6) is -0.0245. The van der Waals surface area contributed by atoms with Gasteiger partial charge in [-0.25, -0.2) is 4.98 Å². The molecule has 2 rings (SSSR count). The van der Waals surface area contributed by atoms with E-state index in [1.165, 1.54) is 6.42 Å². The summed E-state index contributed by atoms with van der Waals surface area (Å²) in [6, 6.07) is 3.83. The van der Waals surface area contributed by atoms with Gasteiger partial charge in [-0.15, -0.1) is 0 Å². The molecule has 1 amide bonds. The second-order valence-corrected chi connectivity index (χ2v) is 8.27. The molecular weight excluding hydrogens is 316 g/mol. The first-order valence-corrected chi connectivity index (χ1v) is 7.89. The van der Waals surface area contributed by atoms with Crippen molar-refractivity contribution in [2.24, 2.45) is 10.8 Å². The molecule has 0 bridgehead atoms. The van der Waals surface area contributed by atoms with Gasteiger partial charge in [0.25, 0.3) is 5.91 Å². The SMILES string of the molecule is CC1(C)CC(NC(=O)c2ccc(Br)nc2)CC(C)(C)C1. The number of amides is 1. The van der Waals surface area contributed by atoms with Crippen LogP contribution in [0.1, 0.15) is 57.3 Å². The number of aromatic nitrogens is 1. The quantitative estimate of drug-likeness (QED) is 0.822. The minimum Gasteiger partial charge on any atom is -0.349 e. The van der Waals surface area contributed by atoms with Gasteiger partial charge in [0.15, 0.2) is 0 Å². The molecule has 0 aromatic carbocycles. The Hall–Kier alpha value is -0.900. The number of hydrogen-bond acceptors (Lipinski definition) is 2. The van der Waals surface area contributed by atoms with E-state index < -0.39 is 0 Å². The summed E-state index contributed by atoms with van der Waals surface area (Å²) in [6.45, 7) is 9.14. The zero-order chi connectivity index (χ0) is 15.0. The van der Waals surface area contributed by atoms with Gasteiger partial charge in [0.05, 0.1) is 5.56 Å². The highest BCUT2D eigenvalue weighted by Gasteiger charge is 2.38. The summed E-state index contributed by atoms with van der Waals surface area (Å²) in [6.07, 6.45) is 4.88. The molecule has 1 heterocycles. The Labute approximate surface area is 129 Å². The van der Waals surface area contributed by atoms with Crippen LogP contribution in [-0.4, -0.2) is 16.9 Å². The summed E-state index contributed by atoms with van der Waals surface area (Å²) in [4.78, 5) is 16.4. The van der Waals surface area contributed by atoms with Crippen LogP contribution in [0.2, 0.25) is 0 Å². The zero-order valence-electron chi connectivity index (χ0n) is 12.7. The van der Waals surface area contributed by atoms with Gasteiger partial charge < -0.3 is 5.32 Å². The summed E-state index contributed by atoms with van der Waals surface area (Å²) in [7, 11) is 0. The molecule has 1 aromatic rings. The van der Waals surface area contributed by atoms with Crippen LogP contribution in [0.15, 0.2) is 22.9 Å². The topological polar surface area (TPSA) is 42.0 Å². The summed E-state index contributed by atoms with van der Waals surface area (Å²) < 4.78 is 0.744. The maximum Gasteiger partial charge on any atom is 0.253 e. The largest absolute Gasteiger partial charge is 0.349 e. The van der Waals surface area contributed by atoms with E-state index in [9.17, 15) is 4.79 Å². The van der Waals surface area contributed by atoms with Gasteiger partial charge >= 0.3 is 0 Å². The lowest BCUT2D eigenvalue weighted by Gasteiger charge is -2.45. The third-order valence-electron chi connectivity index (χ3n) is 3.88. The lowest BCUT2D eigenvalue weighted by atomic mass is 9.63. The predicted octanol–water partition coefficient (Wildman–Crippen LogP) is 4.18. The molecule has 0 aliphatic heterocycles. The predicted molar refractivity (Wildman–Crippen MR) is 84.6 cm³/mol. The highest BCUT2D eigenvalue weighted by atomic mass is 79.9. The van der Waals surface area contributed by atoms with Gasteiger partial charge in [-0.1, -0.05) is 27.7 Å². The van der Waals surface area contributed by atoms with Crippen molar-refractivity contribution < 1.29 is 4.79 Å². The van der Waals surface area contributed by atoms with Crippen molar-refractivity contribution in [2.45, 2.75) is 53.0 Å². The van der Waals surface area contributed by atoms with Gasteiger partial charge in [-0.05, 0) is 58.2 Å². The average Bonchev–Trinajstić information content (AvgIpc) is 2.25. The molecule has 20 heavy (non-hydrogen) atoms. The highest BCUT2D eigenvalue weighted by molar-refractivity contribution is 9.10. The number of nitrogens with one attached hydrogen (secondary N) is 1. The van der Waals surface area contributed by atoms with Crippen molar-refractivity contribution in [3.63, 3.8) is 0 Å². The molecule has 0 radical (unpaired) electrons. The van der Waals surface area contributed by atoms with Crippen LogP contribution in [-0.2, 0) is 0 Å². The van der Waals surface area contributed by atoms with Gasteiger partial charge in [0, 0.05) is 12.2 Å². The van der Waals surface area contributed by atoms with Gasteiger partial charge in [0.2, 0.25) is 0 Å². The number of carbonyl (C=O) groups excluding carboxylic acids is 1. The fourth-order valence-electron chi connectivity index (χ4n) is 3.73. The van der Waals surface area contributed by atoms with Crippen molar-refractivity contribution in [1.29, 1.82) is 0 Å². The normalized spacial score (nSPS) is 21.4. The first kappa shape index (κ1) is 15.5. The average molecular weight is 339 g/mol. The first-order chi connectivity index (χ1) is 9.17. The van der Waals surface area contributed by atoms with E-state index in [0.29, 0.717) is 5.56 Å². The number of hydrogen-bond donors (Lipinski definition) is 1. The van der Waals surface area contributed by atoms with E-state index in [1.54, 1.807) is 18.3 Å². The van der Waals surface area contributed by atoms with Crippen LogP contribution >= 0.6 is 15.9 Å². The molecule has 1 saturated carbocycles. The molecule has 110 valence electrons. The standard InChI is InChI=1S/C16H23BrN2O/c1-15(2)7-12(8-16(3,4)10-15)19-14(20)11-5-6-13(17)18-9-11/h5-6,9,12H,7-8,10H2,1-4H3,(H,19,20).